The first-order valence-electron chi connectivity index (χ1n) is 12.9. The van der Waals surface area contributed by atoms with E-state index in [4.69, 9.17) is 4.74 Å². The van der Waals surface area contributed by atoms with Gasteiger partial charge in [-0.15, -0.1) is 0 Å². The van der Waals surface area contributed by atoms with E-state index in [1.165, 1.54) is 20.0 Å². The van der Waals surface area contributed by atoms with Gasteiger partial charge in [-0.25, -0.2) is 4.79 Å². The number of hydrogen-bond acceptors (Lipinski definition) is 4. The molecule has 1 saturated heterocycles. The zero-order chi connectivity index (χ0) is 24.8. The molecule has 35 heavy (non-hydrogen) atoms. The molecule has 0 bridgehead atoms. The number of ether oxygens (including phenoxy) is 1. The molecule has 0 aromatic heterocycles. The minimum Gasteiger partial charge on any atom is -0.465 e. The number of hydrogen-bond donors (Lipinski definition) is 1. The van der Waals surface area contributed by atoms with Crippen LogP contribution in [0.5, 0.6) is 0 Å². The predicted octanol–water partition coefficient (Wildman–Crippen LogP) is 5.19. The molecule has 1 N–H and O–H groups in total. The minimum absolute atomic E-state index is 0.0366. The van der Waals surface area contributed by atoms with Crippen molar-refractivity contribution in [1.29, 1.82) is 0 Å². The third-order valence-electron chi connectivity index (χ3n) is 9.03. The summed E-state index contributed by atoms with van der Waals surface area (Å²) in [7, 11) is 1.35. The van der Waals surface area contributed by atoms with Crippen LogP contribution in [-0.2, 0) is 15.1 Å². The van der Waals surface area contributed by atoms with Crippen molar-refractivity contribution in [2.75, 3.05) is 20.2 Å². The summed E-state index contributed by atoms with van der Waals surface area (Å²) in [6.45, 7) is 1.55. The molecular formula is C27H35F3N2O3. The van der Waals surface area contributed by atoms with Crippen LogP contribution in [0.4, 0.5) is 13.2 Å². The topological polar surface area (TPSA) is 58.6 Å². The largest absolute Gasteiger partial charge is 0.465 e. The highest BCUT2D eigenvalue weighted by atomic mass is 19.4. The Morgan fingerprint density at radius 3 is 2.23 bits per heavy atom. The molecular weight excluding hydrogens is 457 g/mol. The number of nitrogens with zero attached hydrogens (tertiary/aromatic N) is 1. The molecule has 192 valence electrons. The number of carbonyl (C=O) groups excluding carboxylic acids is 2. The summed E-state index contributed by atoms with van der Waals surface area (Å²) in [5.41, 5.74) is 1.36. The van der Waals surface area contributed by atoms with Crippen LogP contribution in [0.1, 0.15) is 80.1 Å². The molecule has 1 amide bonds. The van der Waals surface area contributed by atoms with Crippen LogP contribution >= 0.6 is 0 Å². The Morgan fingerprint density at radius 1 is 1.03 bits per heavy atom. The van der Waals surface area contributed by atoms with Gasteiger partial charge < -0.3 is 10.1 Å². The third kappa shape index (κ3) is 5.23. The van der Waals surface area contributed by atoms with Crippen LogP contribution in [0.15, 0.2) is 24.3 Å². The van der Waals surface area contributed by atoms with Gasteiger partial charge in [-0.2, -0.15) is 13.2 Å². The summed E-state index contributed by atoms with van der Waals surface area (Å²) in [6.07, 6.45) is 3.44. The van der Waals surface area contributed by atoms with E-state index in [9.17, 15) is 22.8 Å². The molecule has 4 fully saturated rings. The summed E-state index contributed by atoms with van der Waals surface area (Å²) in [6, 6.07) is 7.02. The molecule has 5 rings (SSSR count). The molecule has 1 aromatic rings. The van der Waals surface area contributed by atoms with E-state index in [1.807, 2.05) is 12.1 Å². The van der Waals surface area contributed by atoms with Gasteiger partial charge in [0.15, 0.2) is 0 Å². The van der Waals surface area contributed by atoms with Gasteiger partial charge in [0.25, 0.3) is 0 Å². The first-order valence-corrected chi connectivity index (χ1v) is 12.9. The number of likely N-dealkylation sites (tertiary alicyclic amines) is 1. The number of esters is 1. The number of methoxy groups -OCH3 is 1. The average Bonchev–Trinajstić information content (AvgIpc) is 3.78. The van der Waals surface area contributed by atoms with Crippen LogP contribution in [0.2, 0.25) is 0 Å². The minimum atomic E-state index is -4.09. The second-order valence-electron chi connectivity index (χ2n) is 11.4. The number of rotatable bonds is 6. The van der Waals surface area contributed by atoms with Crippen LogP contribution in [0.25, 0.3) is 0 Å². The molecule has 0 radical (unpaired) electrons. The van der Waals surface area contributed by atoms with E-state index in [1.54, 1.807) is 12.1 Å². The normalized spacial score (nSPS) is 29.4. The van der Waals surface area contributed by atoms with Gasteiger partial charge in [-0.1, -0.05) is 12.1 Å². The van der Waals surface area contributed by atoms with Crippen molar-refractivity contribution in [3.63, 3.8) is 0 Å². The molecule has 5 nitrogen and oxygen atoms in total. The summed E-state index contributed by atoms with van der Waals surface area (Å²) >= 11 is 0. The zero-order valence-corrected chi connectivity index (χ0v) is 20.3. The number of amides is 1. The highest BCUT2D eigenvalue weighted by Gasteiger charge is 2.53. The maximum absolute atomic E-state index is 13.6. The molecule has 1 atom stereocenters. The Bertz CT molecular complexity index is 945. The highest BCUT2D eigenvalue weighted by molar-refractivity contribution is 5.89. The quantitative estimate of drug-likeness (QED) is 0.555. The fourth-order valence-corrected chi connectivity index (χ4v) is 6.26. The van der Waals surface area contributed by atoms with Gasteiger partial charge in [-0.05, 0) is 99.8 Å². The Hall–Kier alpha value is -2.09. The van der Waals surface area contributed by atoms with Crippen molar-refractivity contribution in [3.05, 3.63) is 35.4 Å². The second-order valence-corrected chi connectivity index (χ2v) is 11.4. The number of benzene rings is 1. The van der Waals surface area contributed by atoms with Crippen molar-refractivity contribution >= 4 is 11.9 Å². The van der Waals surface area contributed by atoms with Gasteiger partial charge in [0.2, 0.25) is 5.91 Å². The Labute approximate surface area is 204 Å². The number of halogens is 3. The van der Waals surface area contributed by atoms with Crippen LogP contribution in [-0.4, -0.2) is 49.2 Å². The van der Waals surface area contributed by atoms with E-state index < -0.39 is 17.6 Å². The average molecular weight is 493 g/mol. The fourth-order valence-electron chi connectivity index (χ4n) is 6.26. The van der Waals surface area contributed by atoms with Gasteiger partial charge in [0.05, 0.1) is 30.2 Å². The zero-order valence-electron chi connectivity index (χ0n) is 20.3. The predicted molar refractivity (Wildman–Crippen MR) is 125 cm³/mol. The summed E-state index contributed by atoms with van der Waals surface area (Å²) in [5, 5.41) is 3.33. The maximum Gasteiger partial charge on any atom is 0.391 e. The maximum atomic E-state index is 13.6. The lowest BCUT2D eigenvalue weighted by molar-refractivity contribution is -0.184. The number of carbonyl (C=O) groups is 2. The van der Waals surface area contributed by atoms with Crippen LogP contribution < -0.4 is 5.32 Å². The molecule has 0 unspecified atom stereocenters. The molecule has 3 saturated carbocycles. The highest BCUT2D eigenvalue weighted by Crippen LogP contribution is 2.56. The Kier molecular flexibility index (Phi) is 6.39. The van der Waals surface area contributed by atoms with Crippen molar-refractivity contribution in [3.8, 4) is 0 Å². The molecule has 1 aliphatic heterocycles. The Balaban J connectivity index is 1.24. The molecule has 1 aromatic carbocycles. The smallest absolute Gasteiger partial charge is 0.391 e. The lowest BCUT2D eigenvalue weighted by Crippen LogP contribution is -2.55. The Morgan fingerprint density at radius 2 is 1.69 bits per heavy atom. The van der Waals surface area contributed by atoms with Crippen LogP contribution in [0.3, 0.4) is 0 Å². The van der Waals surface area contributed by atoms with Crippen molar-refractivity contribution in [1.82, 2.24) is 10.2 Å². The summed E-state index contributed by atoms with van der Waals surface area (Å²) in [5.74, 6) is -1.30. The molecule has 4 aliphatic rings. The van der Waals surface area contributed by atoms with Gasteiger partial charge in [-0.3, -0.25) is 9.69 Å². The third-order valence-corrected chi connectivity index (χ3v) is 9.03. The summed E-state index contributed by atoms with van der Waals surface area (Å²) < 4.78 is 44.0. The monoisotopic (exact) mass is 492 g/mol. The van der Waals surface area contributed by atoms with Crippen molar-refractivity contribution in [2.24, 2.45) is 17.3 Å². The van der Waals surface area contributed by atoms with E-state index in [-0.39, 0.29) is 42.1 Å². The molecule has 1 spiro atoms. The van der Waals surface area contributed by atoms with Gasteiger partial charge in [0.1, 0.15) is 0 Å². The van der Waals surface area contributed by atoms with Gasteiger partial charge >= 0.3 is 12.1 Å². The number of piperidine rings is 1. The first kappa shape index (κ1) is 24.6. The standard InChI is InChI=1S/C27H35F3N2O3/c1-35-24(34)19-4-8-20(9-5-19)26(12-13-26)31-23(33)22-16-25(10-11-25)14-15-32(22)17-18-2-6-21(7-3-18)27(28,29)30/h4-5,8-9,18,21-22H,2-3,6-7,10-17H2,1H3,(H,31,33)/t18?,21?,22-/m1/s1. The number of alkyl halides is 3. The van der Waals surface area contributed by atoms with Crippen LogP contribution in [0, 0.1) is 17.3 Å². The molecule has 1 heterocycles. The van der Waals surface area contributed by atoms with E-state index in [2.05, 4.69) is 10.2 Å². The first-order chi connectivity index (χ1) is 16.6. The second kappa shape index (κ2) is 9.09. The molecule has 3 aliphatic carbocycles. The van der Waals surface area contributed by atoms with Gasteiger partial charge in [0, 0.05) is 6.54 Å². The lowest BCUT2D eigenvalue weighted by atomic mass is 9.80. The van der Waals surface area contributed by atoms with E-state index >= 15 is 0 Å². The van der Waals surface area contributed by atoms with Crippen molar-refractivity contribution < 1.29 is 27.5 Å². The number of nitrogens with one attached hydrogen (secondary N) is 1. The van der Waals surface area contributed by atoms with E-state index in [0.29, 0.717) is 24.9 Å². The lowest BCUT2D eigenvalue weighted by Gasteiger charge is -2.42. The fraction of sp³-hybridized carbons (Fsp3) is 0.704. The summed E-state index contributed by atoms with van der Waals surface area (Å²) in [4.78, 5) is 27.6. The SMILES string of the molecule is COC(=O)c1ccc(C2(NC(=O)[C@H]3CC4(CCN3CC3CCC(C(F)(F)F)CC3)CC4)CC2)cc1. The van der Waals surface area contributed by atoms with E-state index in [0.717, 1.165) is 37.8 Å². The molecule has 8 heteroatoms. The van der Waals surface area contributed by atoms with Crippen molar-refractivity contribution in [2.45, 2.75) is 82.0 Å².